The molecule has 0 fully saturated rings. The summed E-state index contributed by atoms with van der Waals surface area (Å²) in [7, 11) is -3.60. The quantitative estimate of drug-likeness (QED) is 0.875. The second kappa shape index (κ2) is 6.39. The highest BCUT2D eigenvalue weighted by Gasteiger charge is 2.25. The van der Waals surface area contributed by atoms with Crippen molar-refractivity contribution in [3.63, 3.8) is 0 Å². The third kappa shape index (κ3) is 4.67. The Balaban J connectivity index is 2.89. The van der Waals surface area contributed by atoms with Crippen LogP contribution < -0.4 is 5.32 Å². The Bertz CT molecular complexity index is 630. The van der Waals surface area contributed by atoms with Gasteiger partial charge in [0.15, 0.2) is 9.84 Å². The van der Waals surface area contributed by atoms with Gasteiger partial charge in [-0.2, -0.15) is 0 Å². The van der Waals surface area contributed by atoms with Crippen LogP contribution in [0.3, 0.4) is 0 Å². The van der Waals surface area contributed by atoms with Crippen LogP contribution in [0.25, 0.3) is 0 Å². The predicted molar refractivity (Wildman–Crippen MR) is 81.9 cm³/mol. The van der Waals surface area contributed by atoms with Crippen LogP contribution in [0.5, 0.6) is 0 Å². The number of sulfone groups is 1. The first-order valence-corrected chi connectivity index (χ1v) is 8.37. The normalized spacial score (nSPS) is 12.0. The largest absolute Gasteiger partial charge is 0.326 e. The van der Waals surface area contributed by atoms with Gasteiger partial charge in [-0.1, -0.05) is 20.8 Å². The van der Waals surface area contributed by atoms with Crippen molar-refractivity contribution < 1.29 is 18.0 Å². The molecule has 1 rings (SSSR count). The van der Waals surface area contributed by atoms with Crippen LogP contribution in [0.4, 0.5) is 5.69 Å². The Morgan fingerprint density at radius 2 is 1.67 bits per heavy atom. The van der Waals surface area contributed by atoms with Gasteiger partial charge < -0.3 is 5.32 Å². The van der Waals surface area contributed by atoms with E-state index in [-0.39, 0.29) is 10.8 Å². The molecule has 5 nitrogen and oxygen atoms in total. The van der Waals surface area contributed by atoms with Crippen molar-refractivity contribution in [2.45, 2.75) is 39.0 Å². The zero-order chi connectivity index (χ0) is 16.3. The van der Waals surface area contributed by atoms with Crippen molar-refractivity contribution in [2.75, 3.05) is 11.1 Å². The highest BCUT2D eigenvalue weighted by atomic mass is 32.2. The van der Waals surface area contributed by atoms with Gasteiger partial charge in [-0.05, 0) is 37.6 Å². The van der Waals surface area contributed by atoms with Gasteiger partial charge in [0.25, 0.3) is 0 Å². The number of nitrogens with one attached hydrogen (secondary N) is 1. The first-order valence-electron chi connectivity index (χ1n) is 6.72. The van der Waals surface area contributed by atoms with Gasteiger partial charge in [0, 0.05) is 11.1 Å². The topological polar surface area (TPSA) is 80.3 Å². The minimum atomic E-state index is -3.60. The molecule has 0 saturated carbocycles. The summed E-state index contributed by atoms with van der Waals surface area (Å²) in [5.74, 6) is -1.04. The number of anilines is 1. The number of amides is 1. The number of Topliss-reactive ketones (excluding diaryl/α,β-unsaturated/α-hetero) is 1. The van der Waals surface area contributed by atoms with E-state index in [0.29, 0.717) is 12.1 Å². The van der Waals surface area contributed by atoms with E-state index >= 15 is 0 Å². The first-order chi connectivity index (χ1) is 9.58. The summed E-state index contributed by atoms with van der Waals surface area (Å²) < 4.78 is 23.7. The maximum Gasteiger partial charge on any atom is 0.230 e. The van der Waals surface area contributed by atoms with Crippen LogP contribution in [-0.4, -0.2) is 25.9 Å². The second-order valence-corrected chi connectivity index (χ2v) is 7.67. The molecule has 6 heteroatoms. The van der Waals surface area contributed by atoms with Crippen LogP contribution >= 0.6 is 0 Å². The fraction of sp³-hybridized carbons (Fsp3) is 0.467. The van der Waals surface area contributed by atoms with Crippen LogP contribution in [-0.2, 0) is 19.4 Å². The van der Waals surface area contributed by atoms with Crippen LogP contribution in [0.1, 0.15) is 34.1 Å². The van der Waals surface area contributed by atoms with Gasteiger partial charge in [0.2, 0.25) is 5.91 Å². The molecule has 1 aromatic rings. The number of rotatable bonds is 6. The fourth-order valence-electron chi connectivity index (χ4n) is 1.56. The molecular weight excluding hydrogens is 290 g/mol. The van der Waals surface area contributed by atoms with Crippen molar-refractivity contribution in [2.24, 2.45) is 5.41 Å². The highest BCUT2D eigenvalue weighted by Crippen LogP contribution is 2.23. The Morgan fingerprint density at radius 1 is 1.14 bits per heavy atom. The molecule has 0 aliphatic heterocycles. The fourth-order valence-corrected chi connectivity index (χ4v) is 2.81. The molecular formula is C15H21NO4S. The Hall–Kier alpha value is -1.69. The molecule has 0 aliphatic rings. The monoisotopic (exact) mass is 311 g/mol. The minimum absolute atomic E-state index is 0.0745. The number of benzene rings is 1. The zero-order valence-electron chi connectivity index (χ0n) is 12.8. The maximum atomic E-state index is 12.0. The smallest absolute Gasteiger partial charge is 0.230 e. The van der Waals surface area contributed by atoms with E-state index in [1.807, 2.05) is 20.8 Å². The molecule has 0 heterocycles. The molecule has 116 valence electrons. The molecule has 1 aromatic carbocycles. The van der Waals surface area contributed by atoms with E-state index in [1.165, 1.54) is 31.2 Å². The molecule has 0 radical (unpaired) electrons. The van der Waals surface area contributed by atoms with E-state index < -0.39 is 26.8 Å². The number of carbonyl (C=O) groups is 2. The van der Waals surface area contributed by atoms with Gasteiger partial charge in [-0.25, -0.2) is 8.42 Å². The zero-order valence-corrected chi connectivity index (χ0v) is 13.6. The van der Waals surface area contributed by atoms with Crippen molar-refractivity contribution >= 4 is 27.2 Å². The molecule has 0 aromatic heterocycles. The summed E-state index contributed by atoms with van der Waals surface area (Å²) in [6.07, 6.45) is 0.698. The Labute approximate surface area is 125 Å². The molecule has 0 atom stereocenters. The summed E-state index contributed by atoms with van der Waals surface area (Å²) in [6, 6.07) is 5.84. The van der Waals surface area contributed by atoms with Gasteiger partial charge in [0.1, 0.15) is 11.5 Å². The van der Waals surface area contributed by atoms with Crippen LogP contribution in [0.15, 0.2) is 29.2 Å². The molecule has 1 amide bonds. The summed E-state index contributed by atoms with van der Waals surface area (Å²) in [6.45, 7) is 6.85. The lowest BCUT2D eigenvalue weighted by atomic mass is 9.89. The first kappa shape index (κ1) is 17.4. The lowest BCUT2D eigenvalue weighted by Crippen LogP contribution is -2.29. The number of carbonyl (C=O) groups excluding carboxylic acids is 2. The molecule has 0 aliphatic carbocycles. The highest BCUT2D eigenvalue weighted by molar-refractivity contribution is 7.92. The molecule has 0 saturated heterocycles. The van der Waals surface area contributed by atoms with E-state index in [9.17, 15) is 18.0 Å². The van der Waals surface area contributed by atoms with Crippen molar-refractivity contribution in [1.82, 2.24) is 0 Å². The maximum absolute atomic E-state index is 12.0. The average molecular weight is 311 g/mol. The van der Waals surface area contributed by atoms with E-state index in [0.717, 1.165) is 0 Å². The van der Waals surface area contributed by atoms with Gasteiger partial charge in [-0.3, -0.25) is 9.59 Å². The summed E-state index contributed by atoms with van der Waals surface area (Å²) >= 11 is 0. The summed E-state index contributed by atoms with van der Waals surface area (Å²) in [5, 5.41) is 2.75. The molecule has 21 heavy (non-hydrogen) atoms. The van der Waals surface area contributed by atoms with E-state index in [4.69, 9.17) is 0 Å². The average Bonchev–Trinajstić information content (AvgIpc) is 2.37. The van der Waals surface area contributed by atoms with Crippen LogP contribution in [0, 0.1) is 5.41 Å². The summed E-state index contributed by atoms with van der Waals surface area (Å²) in [4.78, 5) is 23.0. The lowest BCUT2D eigenvalue weighted by molar-refractivity contribution is -0.124. The predicted octanol–water partition coefficient (Wildman–Crippen LogP) is 2.42. The third-order valence-corrected chi connectivity index (χ3v) is 5.14. The van der Waals surface area contributed by atoms with E-state index in [1.54, 1.807) is 0 Å². The minimum Gasteiger partial charge on any atom is -0.326 e. The third-order valence-electron chi connectivity index (χ3n) is 3.36. The van der Waals surface area contributed by atoms with E-state index in [2.05, 4.69) is 5.32 Å². The van der Waals surface area contributed by atoms with Gasteiger partial charge in [-0.15, -0.1) is 0 Å². The number of ketones is 1. The van der Waals surface area contributed by atoms with Crippen molar-refractivity contribution in [1.29, 1.82) is 0 Å². The molecule has 1 N–H and O–H groups in total. The number of hydrogen-bond acceptors (Lipinski definition) is 4. The number of hydrogen-bond donors (Lipinski definition) is 1. The van der Waals surface area contributed by atoms with Gasteiger partial charge in [0.05, 0.1) is 4.90 Å². The SMILES string of the molecule is CCC(C)(C)C(=O)Nc1ccc(S(=O)(=O)CC(C)=O)cc1. The standard InChI is InChI=1S/C15H21NO4S/c1-5-15(3,4)14(18)16-12-6-8-13(9-7-12)21(19,20)10-11(2)17/h6-9H,5,10H2,1-4H3,(H,16,18). The molecule has 0 bridgehead atoms. The second-order valence-electron chi connectivity index (χ2n) is 5.68. The van der Waals surface area contributed by atoms with Gasteiger partial charge >= 0.3 is 0 Å². The molecule has 0 spiro atoms. The lowest BCUT2D eigenvalue weighted by Gasteiger charge is -2.21. The Kier molecular flexibility index (Phi) is 5.28. The molecule has 0 unspecified atom stereocenters. The van der Waals surface area contributed by atoms with Crippen molar-refractivity contribution in [3.05, 3.63) is 24.3 Å². The summed E-state index contributed by atoms with van der Waals surface area (Å²) in [5.41, 5.74) is 0.0441. The Morgan fingerprint density at radius 3 is 2.10 bits per heavy atom. The van der Waals surface area contributed by atoms with Crippen molar-refractivity contribution in [3.8, 4) is 0 Å². The van der Waals surface area contributed by atoms with Crippen LogP contribution in [0.2, 0.25) is 0 Å².